The molecule has 0 unspecified atom stereocenters. The number of anilines is 4. The number of nitrogens with zero attached hydrogens (tertiary/aromatic N) is 1. The summed E-state index contributed by atoms with van der Waals surface area (Å²) in [5.74, 6) is -1.05. The standard InChI is InChI=1S/C14H14ClF2N3/c1-2-20(9-5-3-8(16)4-6-9)14-11(19)7-10(18)12(15)13(14)17/h3-7H,2,18-19H2,1H3. The molecule has 20 heavy (non-hydrogen) atoms. The van der Waals surface area contributed by atoms with E-state index >= 15 is 0 Å². The van der Waals surface area contributed by atoms with E-state index in [0.717, 1.165) is 0 Å². The highest BCUT2D eigenvalue weighted by Crippen LogP contribution is 2.39. The van der Waals surface area contributed by atoms with Gasteiger partial charge in [0.25, 0.3) is 0 Å². The number of hydrogen-bond acceptors (Lipinski definition) is 3. The van der Waals surface area contributed by atoms with Gasteiger partial charge in [0.05, 0.1) is 11.4 Å². The summed E-state index contributed by atoms with van der Waals surface area (Å²) in [5.41, 5.74) is 12.4. The fourth-order valence-electron chi connectivity index (χ4n) is 2.02. The molecule has 0 aromatic heterocycles. The second kappa shape index (κ2) is 5.54. The average Bonchev–Trinajstić information content (AvgIpc) is 2.42. The number of rotatable bonds is 3. The molecule has 0 bridgehead atoms. The molecule has 2 aromatic rings. The molecule has 0 saturated carbocycles. The van der Waals surface area contributed by atoms with E-state index in [-0.39, 0.29) is 27.9 Å². The van der Waals surface area contributed by atoms with Gasteiger partial charge in [0, 0.05) is 12.2 Å². The molecule has 6 heteroatoms. The molecular formula is C14H14ClF2N3. The molecule has 0 heterocycles. The zero-order valence-corrected chi connectivity index (χ0v) is 11.6. The quantitative estimate of drug-likeness (QED) is 0.844. The van der Waals surface area contributed by atoms with Crippen LogP contribution < -0.4 is 16.4 Å². The molecular weight excluding hydrogens is 284 g/mol. The zero-order valence-electron chi connectivity index (χ0n) is 10.8. The van der Waals surface area contributed by atoms with Gasteiger partial charge in [-0.1, -0.05) is 11.6 Å². The van der Waals surface area contributed by atoms with Crippen molar-refractivity contribution in [3.05, 3.63) is 47.0 Å². The van der Waals surface area contributed by atoms with E-state index in [1.54, 1.807) is 17.0 Å². The van der Waals surface area contributed by atoms with E-state index in [9.17, 15) is 8.78 Å². The molecule has 0 amide bonds. The number of benzene rings is 2. The summed E-state index contributed by atoms with van der Waals surface area (Å²) in [5, 5.41) is -0.172. The van der Waals surface area contributed by atoms with Gasteiger partial charge in [-0.15, -0.1) is 0 Å². The van der Waals surface area contributed by atoms with E-state index in [4.69, 9.17) is 23.1 Å². The summed E-state index contributed by atoms with van der Waals surface area (Å²) in [6.07, 6.45) is 0. The van der Waals surface area contributed by atoms with Crippen LogP contribution in [0.3, 0.4) is 0 Å². The van der Waals surface area contributed by atoms with Crippen molar-refractivity contribution in [3.8, 4) is 0 Å². The second-order valence-corrected chi connectivity index (χ2v) is 4.63. The maximum absolute atomic E-state index is 14.3. The van der Waals surface area contributed by atoms with Crippen LogP contribution in [0.1, 0.15) is 6.92 Å². The topological polar surface area (TPSA) is 55.3 Å². The number of hydrogen-bond donors (Lipinski definition) is 2. The smallest absolute Gasteiger partial charge is 0.169 e. The van der Waals surface area contributed by atoms with Gasteiger partial charge in [-0.3, -0.25) is 0 Å². The van der Waals surface area contributed by atoms with Crippen LogP contribution in [0.4, 0.5) is 31.5 Å². The first kappa shape index (κ1) is 14.4. The van der Waals surface area contributed by atoms with Crippen LogP contribution in [0.5, 0.6) is 0 Å². The highest BCUT2D eigenvalue weighted by molar-refractivity contribution is 6.33. The van der Waals surface area contributed by atoms with E-state index in [1.165, 1.54) is 18.2 Å². The Kier molecular flexibility index (Phi) is 3.99. The predicted octanol–water partition coefficient (Wildman–Crippen LogP) is 3.94. The fraction of sp³-hybridized carbons (Fsp3) is 0.143. The van der Waals surface area contributed by atoms with E-state index in [1.807, 2.05) is 6.92 Å². The molecule has 0 fully saturated rings. The van der Waals surface area contributed by atoms with Crippen molar-refractivity contribution in [2.24, 2.45) is 0 Å². The molecule has 0 radical (unpaired) electrons. The molecule has 0 aliphatic carbocycles. The zero-order chi connectivity index (χ0) is 14.9. The first-order valence-electron chi connectivity index (χ1n) is 6.01. The minimum atomic E-state index is -0.685. The van der Waals surface area contributed by atoms with E-state index in [0.29, 0.717) is 12.2 Å². The minimum Gasteiger partial charge on any atom is -0.397 e. The van der Waals surface area contributed by atoms with Crippen molar-refractivity contribution in [3.63, 3.8) is 0 Å². The lowest BCUT2D eigenvalue weighted by molar-refractivity contribution is 0.625. The Labute approximate surface area is 120 Å². The maximum atomic E-state index is 14.3. The van der Waals surface area contributed by atoms with Gasteiger partial charge in [0.15, 0.2) is 5.82 Å². The Morgan fingerprint density at radius 2 is 1.70 bits per heavy atom. The Bertz CT molecular complexity index is 629. The molecule has 4 N–H and O–H groups in total. The summed E-state index contributed by atoms with van der Waals surface area (Å²) in [7, 11) is 0. The third kappa shape index (κ3) is 2.49. The van der Waals surface area contributed by atoms with Crippen LogP contribution >= 0.6 is 11.6 Å². The monoisotopic (exact) mass is 297 g/mol. The molecule has 0 saturated heterocycles. The Morgan fingerprint density at radius 3 is 2.25 bits per heavy atom. The lowest BCUT2D eigenvalue weighted by Crippen LogP contribution is -2.19. The third-order valence-electron chi connectivity index (χ3n) is 2.96. The van der Waals surface area contributed by atoms with Crippen LogP contribution in [-0.2, 0) is 0 Å². The molecule has 2 rings (SSSR count). The van der Waals surface area contributed by atoms with Crippen molar-refractivity contribution in [1.29, 1.82) is 0 Å². The Hall–Kier alpha value is -2.01. The summed E-state index contributed by atoms with van der Waals surface area (Å²) >= 11 is 5.83. The largest absolute Gasteiger partial charge is 0.397 e. The summed E-state index contributed by atoms with van der Waals surface area (Å²) in [6.45, 7) is 2.26. The Morgan fingerprint density at radius 1 is 1.10 bits per heavy atom. The Balaban J connectivity index is 2.58. The minimum absolute atomic E-state index is 0.0839. The maximum Gasteiger partial charge on any atom is 0.169 e. The highest BCUT2D eigenvalue weighted by Gasteiger charge is 2.20. The third-order valence-corrected chi connectivity index (χ3v) is 3.35. The van der Waals surface area contributed by atoms with Gasteiger partial charge in [-0.05, 0) is 37.3 Å². The van der Waals surface area contributed by atoms with Gasteiger partial charge >= 0.3 is 0 Å². The SMILES string of the molecule is CCN(c1ccc(F)cc1)c1c(N)cc(N)c(Cl)c1F. The summed E-state index contributed by atoms with van der Waals surface area (Å²) in [4.78, 5) is 1.61. The van der Waals surface area contributed by atoms with Gasteiger partial charge in [-0.25, -0.2) is 8.78 Å². The molecule has 106 valence electrons. The lowest BCUT2D eigenvalue weighted by atomic mass is 10.2. The van der Waals surface area contributed by atoms with E-state index in [2.05, 4.69) is 0 Å². The van der Waals surface area contributed by atoms with Crippen molar-refractivity contribution >= 4 is 34.4 Å². The van der Waals surface area contributed by atoms with Gasteiger partial charge < -0.3 is 16.4 Å². The van der Waals surface area contributed by atoms with Crippen LogP contribution in [0, 0.1) is 11.6 Å². The normalized spacial score (nSPS) is 10.6. The average molecular weight is 298 g/mol. The van der Waals surface area contributed by atoms with Crippen LogP contribution in [0.2, 0.25) is 5.02 Å². The second-order valence-electron chi connectivity index (χ2n) is 4.25. The van der Waals surface area contributed by atoms with Crippen LogP contribution in [0.25, 0.3) is 0 Å². The fourth-order valence-corrected chi connectivity index (χ4v) is 2.17. The lowest BCUT2D eigenvalue weighted by Gasteiger charge is -2.26. The first-order chi connectivity index (χ1) is 9.45. The van der Waals surface area contributed by atoms with Crippen molar-refractivity contribution < 1.29 is 8.78 Å². The summed E-state index contributed by atoms with van der Waals surface area (Å²) in [6, 6.07) is 7.09. The van der Waals surface area contributed by atoms with Crippen molar-refractivity contribution in [2.45, 2.75) is 6.92 Å². The van der Waals surface area contributed by atoms with Crippen molar-refractivity contribution in [1.82, 2.24) is 0 Å². The van der Waals surface area contributed by atoms with Crippen LogP contribution in [0.15, 0.2) is 30.3 Å². The first-order valence-corrected chi connectivity index (χ1v) is 6.39. The van der Waals surface area contributed by atoms with Gasteiger partial charge in [-0.2, -0.15) is 0 Å². The molecule has 0 aliphatic heterocycles. The molecule has 0 atom stereocenters. The van der Waals surface area contributed by atoms with Gasteiger partial charge in [0.1, 0.15) is 16.5 Å². The molecule has 0 aliphatic rings. The molecule has 0 spiro atoms. The van der Waals surface area contributed by atoms with Crippen molar-refractivity contribution in [2.75, 3.05) is 22.9 Å². The highest BCUT2D eigenvalue weighted by atomic mass is 35.5. The number of nitrogens with two attached hydrogens (primary N) is 2. The molecule has 2 aromatic carbocycles. The number of halogens is 3. The number of nitrogen functional groups attached to an aromatic ring is 2. The van der Waals surface area contributed by atoms with E-state index < -0.39 is 5.82 Å². The predicted molar refractivity (Wildman–Crippen MR) is 79.3 cm³/mol. The summed E-state index contributed by atoms with van der Waals surface area (Å²) < 4.78 is 27.3. The van der Waals surface area contributed by atoms with Gasteiger partial charge in [0.2, 0.25) is 0 Å². The molecule has 3 nitrogen and oxygen atoms in total. The van der Waals surface area contributed by atoms with Crippen LogP contribution in [-0.4, -0.2) is 6.54 Å².